The number of methoxy groups -OCH3 is 1. The molecule has 0 saturated heterocycles. The summed E-state index contributed by atoms with van der Waals surface area (Å²) < 4.78 is 21.0. The Morgan fingerprint density at radius 3 is 1.85 bits per heavy atom. The van der Waals surface area contributed by atoms with Gasteiger partial charge in [0.15, 0.2) is 0 Å². The van der Waals surface area contributed by atoms with Crippen LogP contribution in [0.3, 0.4) is 0 Å². The van der Waals surface area contributed by atoms with E-state index in [1.165, 1.54) is 27.8 Å². The van der Waals surface area contributed by atoms with Gasteiger partial charge in [-0.15, -0.1) is 0 Å². The number of rotatable bonds is 14. The molecule has 0 unspecified atom stereocenters. The zero-order valence-corrected chi connectivity index (χ0v) is 13.6. The molecule has 118 valence electrons. The number of hydrogen-bond acceptors (Lipinski definition) is 6. The number of allylic oxidation sites excluding steroid dienone is 1. The molecule has 0 bridgehead atoms. The van der Waals surface area contributed by atoms with Crippen molar-refractivity contribution in [2.45, 2.75) is 20.3 Å². The summed E-state index contributed by atoms with van der Waals surface area (Å²) in [5, 5.41) is 7.10. The Kier molecular flexibility index (Phi) is 14.7. The second kappa shape index (κ2) is 15.0. The van der Waals surface area contributed by atoms with Crippen molar-refractivity contribution < 1.29 is 18.9 Å². The Labute approximate surface area is 126 Å². The van der Waals surface area contributed by atoms with Crippen LogP contribution in [0.25, 0.3) is 0 Å². The summed E-state index contributed by atoms with van der Waals surface area (Å²) in [7, 11) is 1.65. The summed E-state index contributed by atoms with van der Waals surface area (Å²) in [6.45, 7) is 8.32. The molecule has 20 heavy (non-hydrogen) atoms. The zero-order valence-electron chi connectivity index (χ0n) is 12.8. The van der Waals surface area contributed by atoms with Crippen molar-refractivity contribution >= 4 is 17.3 Å². The number of ether oxygens (including phenoxy) is 4. The Bertz CT molecular complexity index is 268. The molecule has 0 aliphatic carbocycles. The largest absolute Gasteiger partial charge is 0.382 e. The molecule has 0 heterocycles. The predicted molar refractivity (Wildman–Crippen MR) is 83.7 cm³/mol. The molecule has 0 amide bonds. The van der Waals surface area contributed by atoms with Gasteiger partial charge in [0, 0.05) is 13.5 Å². The SMILES string of the molecule is COCCOCCOCCOCCC(SC=N)=C(C)C. The summed E-state index contributed by atoms with van der Waals surface area (Å²) in [5.74, 6) is 0. The Balaban J connectivity index is 3.32. The fraction of sp³-hybridized carbons (Fsp3) is 0.786. The Morgan fingerprint density at radius 1 is 0.900 bits per heavy atom. The first-order valence-corrected chi connectivity index (χ1v) is 7.64. The quantitative estimate of drug-likeness (QED) is 0.304. The third-order valence-corrected chi connectivity index (χ3v) is 3.42. The maximum absolute atomic E-state index is 7.10. The number of hydrogen-bond donors (Lipinski definition) is 1. The van der Waals surface area contributed by atoms with Crippen molar-refractivity contribution in [1.82, 2.24) is 0 Å². The minimum absolute atomic E-state index is 0.579. The smallest absolute Gasteiger partial charge is 0.0701 e. The molecule has 1 N–H and O–H groups in total. The van der Waals surface area contributed by atoms with Crippen LogP contribution in [0.5, 0.6) is 0 Å². The molecule has 0 aliphatic heterocycles. The third kappa shape index (κ3) is 12.6. The van der Waals surface area contributed by atoms with Crippen molar-refractivity contribution in [1.29, 1.82) is 5.41 Å². The van der Waals surface area contributed by atoms with E-state index in [9.17, 15) is 0 Å². The second-order valence-corrected chi connectivity index (χ2v) is 5.20. The van der Waals surface area contributed by atoms with Gasteiger partial charge in [-0.3, -0.25) is 0 Å². The van der Waals surface area contributed by atoms with Gasteiger partial charge in [0.2, 0.25) is 0 Å². The van der Waals surface area contributed by atoms with Gasteiger partial charge < -0.3 is 24.4 Å². The highest BCUT2D eigenvalue weighted by Crippen LogP contribution is 2.20. The summed E-state index contributed by atoms with van der Waals surface area (Å²) >= 11 is 1.45. The van der Waals surface area contributed by atoms with Gasteiger partial charge >= 0.3 is 0 Å². The molecule has 0 radical (unpaired) electrons. The van der Waals surface area contributed by atoms with Crippen LogP contribution in [0.1, 0.15) is 20.3 Å². The second-order valence-electron chi connectivity index (χ2n) is 4.24. The lowest BCUT2D eigenvalue weighted by molar-refractivity contribution is 0.00418. The highest BCUT2D eigenvalue weighted by Gasteiger charge is 1.99. The van der Waals surface area contributed by atoms with E-state index in [0.29, 0.717) is 46.2 Å². The van der Waals surface area contributed by atoms with E-state index >= 15 is 0 Å². The van der Waals surface area contributed by atoms with Gasteiger partial charge in [-0.25, -0.2) is 0 Å². The van der Waals surface area contributed by atoms with Crippen LogP contribution in [0.4, 0.5) is 0 Å². The van der Waals surface area contributed by atoms with Gasteiger partial charge in [0.05, 0.1) is 51.8 Å². The molecule has 0 rings (SSSR count). The van der Waals surface area contributed by atoms with E-state index in [0.717, 1.165) is 6.42 Å². The maximum Gasteiger partial charge on any atom is 0.0701 e. The van der Waals surface area contributed by atoms with Gasteiger partial charge in [0.25, 0.3) is 0 Å². The van der Waals surface area contributed by atoms with Crippen molar-refractivity contribution in [3.8, 4) is 0 Å². The Hall–Kier alpha value is -0.400. The monoisotopic (exact) mass is 305 g/mol. The molecule has 0 atom stereocenters. The average molecular weight is 305 g/mol. The molecule has 5 nitrogen and oxygen atoms in total. The highest BCUT2D eigenvalue weighted by atomic mass is 32.2. The van der Waals surface area contributed by atoms with Crippen molar-refractivity contribution in [2.75, 3.05) is 53.4 Å². The van der Waals surface area contributed by atoms with Crippen LogP contribution in [0.2, 0.25) is 0 Å². The van der Waals surface area contributed by atoms with Gasteiger partial charge in [-0.05, 0) is 18.8 Å². The van der Waals surface area contributed by atoms with Gasteiger partial charge in [-0.1, -0.05) is 17.3 Å². The summed E-state index contributed by atoms with van der Waals surface area (Å²) in [6.07, 6.45) is 0.850. The molecule has 0 fully saturated rings. The van der Waals surface area contributed by atoms with Crippen LogP contribution in [0.15, 0.2) is 10.5 Å². The molecule has 0 aromatic carbocycles. The summed E-state index contributed by atoms with van der Waals surface area (Å²) in [5.41, 5.74) is 2.60. The highest BCUT2D eigenvalue weighted by molar-refractivity contribution is 8.15. The van der Waals surface area contributed by atoms with Crippen LogP contribution in [-0.4, -0.2) is 58.9 Å². The van der Waals surface area contributed by atoms with Crippen LogP contribution in [-0.2, 0) is 18.9 Å². The lowest BCUT2D eigenvalue weighted by Crippen LogP contribution is -2.11. The lowest BCUT2D eigenvalue weighted by Gasteiger charge is -2.08. The normalized spacial score (nSPS) is 10.6. The Morgan fingerprint density at radius 2 is 1.40 bits per heavy atom. The van der Waals surface area contributed by atoms with Crippen molar-refractivity contribution in [3.63, 3.8) is 0 Å². The molecular weight excluding hydrogens is 278 g/mol. The lowest BCUT2D eigenvalue weighted by atomic mass is 10.3. The first-order chi connectivity index (χ1) is 9.72. The van der Waals surface area contributed by atoms with Crippen LogP contribution in [0, 0.1) is 5.41 Å². The topological polar surface area (TPSA) is 60.8 Å². The van der Waals surface area contributed by atoms with E-state index in [1.54, 1.807) is 7.11 Å². The van der Waals surface area contributed by atoms with Gasteiger partial charge in [0.1, 0.15) is 0 Å². The van der Waals surface area contributed by atoms with E-state index in [-0.39, 0.29) is 0 Å². The first-order valence-electron chi connectivity index (χ1n) is 6.76. The molecule has 0 aliphatic rings. The minimum atomic E-state index is 0.579. The summed E-state index contributed by atoms with van der Waals surface area (Å²) in [4.78, 5) is 1.20. The molecular formula is C14H27NO4S. The first kappa shape index (κ1) is 19.6. The molecule has 0 aromatic rings. The fourth-order valence-corrected chi connectivity index (χ4v) is 1.93. The molecule has 0 saturated carbocycles. The zero-order chi connectivity index (χ0) is 15.1. The average Bonchev–Trinajstić information content (AvgIpc) is 2.43. The molecule has 0 aromatic heterocycles. The van der Waals surface area contributed by atoms with Crippen LogP contribution < -0.4 is 0 Å². The summed E-state index contributed by atoms with van der Waals surface area (Å²) in [6, 6.07) is 0. The standard InChI is InChI=1S/C14H27NO4S/c1-13(2)14(20-12-15)4-5-17-8-9-19-11-10-18-7-6-16-3/h12,15H,4-11H2,1-3H3. The maximum atomic E-state index is 7.10. The van der Waals surface area contributed by atoms with Crippen molar-refractivity contribution in [3.05, 3.63) is 10.5 Å². The van der Waals surface area contributed by atoms with Crippen LogP contribution >= 0.6 is 11.8 Å². The molecule has 0 spiro atoms. The third-order valence-electron chi connectivity index (χ3n) is 2.41. The van der Waals surface area contributed by atoms with Gasteiger partial charge in [-0.2, -0.15) is 0 Å². The fourth-order valence-electron chi connectivity index (χ4n) is 1.35. The van der Waals surface area contributed by atoms with E-state index in [1.807, 2.05) is 0 Å². The predicted octanol–water partition coefficient (Wildman–Crippen LogP) is 2.71. The molecule has 6 heteroatoms. The van der Waals surface area contributed by atoms with E-state index in [2.05, 4.69) is 13.8 Å². The van der Waals surface area contributed by atoms with E-state index < -0.39 is 0 Å². The minimum Gasteiger partial charge on any atom is -0.382 e. The number of nitrogens with one attached hydrogen (secondary N) is 1. The number of thioether (sulfide) groups is 1. The van der Waals surface area contributed by atoms with Crippen molar-refractivity contribution in [2.24, 2.45) is 0 Å². The van der Waals surface area contributed by atoms with E-state index in [4.69, 9.17) is 24.4 Å².